The lowest BCUT2D eigenvalue weighted by atomic mass is 9.88. The molecule has 3 heterocycles. The number of aromatic nitrogens is 2. The fourth-order valence-corrected chi connectivity index (χ4v) is 9.88. The van der Waals surface area contributed by atoms with Crippen LogP contribution in [0.2, 0.25) is 0 Å². The fourth-order valence-electron chi connectivity index (χ4n) is 8.92. The molecule has 8 aromatic carbocycles. The molecule has 9 aromatic rings. The second-order valence-electron chi connectivity index (χ2n) is 14.8. The molecular weight excluding hydrogens is 805 g/mol. The Morgan fingerprint density at radius 2 is 0.710 bits per heavy atom. The molecule has 0 atom stereocenters. The van der Waals surface area contributed by atoms with Crippen LogP contribution in [0.5, 0.6) is 23.0 Å². The molecule has 0 bridgehead atoms. The molecule has 12 rings (SSSR count). The monoisotopic (exact) mass is 832 g/mol. The van der Waals surface area contributed by atoms with Crippen LogP contribution in [0, 0.1) is 21.3 Å². The van der Waals surface area contributed by atoms with Gasteiger partial charge in [0.25, 0.3) is 0 Å². The summed E-state index contributed by atoms with van der Waals surface area (Å²) >= 11 is 1.84. The van der Waals surface area contributed by atoms with Crippen molar-refractivity contribution in [3.05, 3.63) is 170 Å². The quantitative estimate of drug-likeness (QED) is 0.119. The molecule has 290 valence electrons. The highest BCUT2D eigenvalue weighted by molar-refractivity contribution is 8.06. The second-order valence-corrected chi connectivity index (χ2v) is 16.4. The number of fused-ring (bicyclic) bond motifs is 7. The summed E-state index contributed by atoms with van der Waals surface area (Å²) in [6, 6.07) is 58.4. The number of benzene rings is 8. The summed E-state index contributed by atoms with van der Waals surface area (Å²) in [5.74, 6) is 3.20. The molecular formula is C52H28N6O2S2. The number of rotatable bonds is 6. The average Bonchev–Trinajstić information content (AvgIpc) is 3.63. The zero-order valence-electron chi connectivity index (χ0n) is 32.5. The number of ether oxygens (including phenoxy) is 2. The second kappa shape index (κ2) is 14.3. The van der Waals surface area contributed by atoms with Crippen molar-refractivity contribution in [1.29, 1.82) is 10.5 Å². The Labute approximate surface area is 364 Å². The van der Waals surface area contributed by atoms with Crippen molar-refractivity contribution < 1.29 is 9.47 Å². The normalized spacial score (nSPS) is 12.5. The summed E-state index contributed by atoms with van der Waals surface area (Å²) in [5, 5.41) is 26.5. The van der Waals surface area contributed by atoms with Crippen molar-refractivity contribution in [3.63, 3.8) is 0 Å². The number of hydrogen-bond acceptors (Lipinski definition) is 10. The summed E-state index contributed by atoms with van der Waals surface area (Å²) in [5.41, 5.74) is 13.4. The summed E-state index contributed by atoms with van der Waals surface area (Å²) in [7, 11) is 0. The Balaban J connectivity index is 1.02. The van der Waals surface area contributed by atoms with Gasteiger partial charge >= 0.3 is 0 Å². The molecule has 10 heteroatoms. The zero-order chi connectivity index (χ0) is 41.3. The largest absolute Gasteiger partial charge is 0.453 e. The molecule has 1 aliphatic carbocycles. The molecule has 62 heavy (non-hydrogen) atoms. The van der Waals surface area contributed by atoms with Crippen LogP contribution in [0.25, 0.3) is 55.5 Å². The Kier molecular flexibility index (Phi) is 8.29. The van der Waals surface area contributed by atoms with Crippen molar-refractivity contribution in [1.82, 2.24) is 9.97 Å². The lowest BCUT2D eigenvalue weighted by Gasteiger charge is -2.32. The molecule has 0 saturated heterocycles. The number of para-hydroxylation sites is 8. The molecule has 0 saturated carbocycles. The molecule has 3 aliphatic rings. The van der Waals surface area contributed by atoms with Crippen LogP contribution >= 0.6 is 23.5 Å². The van der Waals surface area contributed by atoms with E-state index in [1.54, 1.807) is 0 Å². The number of nitrogens with zero attached hydrogens (tertiary/aromatic N) is 6. The number of nitriles is 2. The van der Waals surface area contributed by atoms with Crippen LogP contribution in [-0.4, -0.2) is 9.97 Å². The summed E-state index contributed by atoms with van der Waals surface area (Å²) in [4.78, 5) is 14.4. The Morgan fingerprint density at radius 3 is 1.06 bits per heavy atom. The molecule has 0 radical (unpaired) electrons. The van der Waals surface area contributed by atoms with Gasteiger partial charge in [-0.25, -0.2) is 9.97 Å². The van der Waals surface area contributed by atoms with E-state index in [1.165, 1.54) is 0 Å². The molecule has 0 unspecified atom stereocenters. The highest BCUT2D eigenvalue weighted by atomic mass is 32.2. The Hall–Kier alpha value is -8.02. The van der Waals surface area contributed by atoms with Crippen molar-refractivity contribution in [2.45, 2.75) is 10.1 Å². The number of anilines is 6. The molecule has 8 nitrogen and oxygen atoms in total. The van der Waals surface area contributed by atoms with Gasteiger partial charge in [0.05, 0.1) is 34.1 Å². The van der Waals surface area contributed by atoms with Gasteiger partial charge in [0.2, 0.25) is 0 Å². The van der Waals surface area contributed by atoms with E-state index in [0.717, 1.165) is 125 Å². The van der Waals surface area contributed by atoms with E-state index in [1.807, 2.05) is 72.8 Å². The molecule has 0 amide bonds. The first kappa shape index (κ1) is 35.9. The van der Waals surface area contributed by atoms with Gasteiger partial charge in [0.1, 0.15) is 20.9 Å². The van der Waals surface area contributed by atoms with Crippen molar-refractivity contribution >= 4 is 68.4 Å². The summed E-state index contributed by atoms with van der Waals surface area (Å²) < 4.78 is 12.6. The summed E-state index contributed by atoms with van der Waals surface area (Å²) in [6.45, 7) is 0. The first-order valence-electron chi connectivity index (χ1n) is 19.8. The Bertz CT molecular complexity index is 3100. The van der Waals surface area contributed by atoms with Gasteiger partial charge in [-0.1, -0.05) is 97.1 Å². The molecule has 2 aliphatic heterocycles. The highest BCUT2D eigenvalue weighted by Crippen LogP contribution is 2.55. The lowest BCUT2D eigenvalue weighted by Crippen LogP contribution is -2.15. The molecule has 0 spiro atoms. The van der Waals surface area contributed by atoms with Gasteiger partial charge in [-0.3, -0.25) is 0 Å². The van der Waals surface area contributed by atoms with Crippen LogP contribution in [0.1, 0.15) is 0 Å². The van der Waals surface area contributed by atoms with Crippen LogP contribution < -0.4 is 19.3 Å². The predicted octanol–water partition coefficient (Wildman–Crippen LogP) is 14.9. The average molecular weight is 833 g/mol. The van der Waals surface area contributed by atoms with Gasteiger partial charge in [-0.2, -0.15) is 10.5 Å². The maximum atomic E-state index is 9.65. The fraction of sp³-hybridized carbons (Fsp3) is 0. The maximum Gasteiger partial charge on any atom is 0.151 e. The first-order chi connectivity index (χ1) is 30.7. The minimum absolute atomic E-state index is 0.423. The number of thiocyanates is 2. The molecule has 1 aromatic heterocycles. The Morgan fingerprint density at radius 1 is 0.387 bits per heavy atom. The van der Waals surface area contributed by atoms with E-state index >= 15 is 0 Å². The van der Waals surface area contributed by atoms with Crippen LogP contribution in [0.15, 0.2) is 180 Å². The third-order valence-electron chi connectivity index (χ3n) is 11.5. The predicted molar refractivity (Wildman–Crippen MR) is 247 cm³/mol. The van der Waals surface area contributed by atoms with Gasteiger partial charge < -0.3 is 19.3 Å². The lowest BCUT2D eigenvalue weighted by molar-refractivity contribution is 0.477. The number of thioether (sulfide) groups is 2. The highest BCUT2D eigenvalue weighted by Gasteiger charge is 2.31. The van der Waals surface area contributed by atoms with Gasteiger partial charge in [-0.05, 0) is 100 Å². The van der Waals surface area contributed by atoms with Crippen LogP contribution in [0.4, 0.5) is 34.1 Å². The first-order valence-corrected chi connectivity index (χ1v) is 21.5. The topological polar surface area (TPSA) is 98.3 Å². The van der Waals surface area contributed by atoms with E-state index in [4.69, 9.17) is 19.4 Å². The molecule has 0 N–H and O–H groups in total. The third kappa shape index (κ3) is 5.55. The van der Waals surface area contributed by atoms with Crippen molar-refractivity contribution in [2.75, 3.05) is 9.80 Å². The van der Waals surface area contributed by atoms with E-state index in [0.29, 0.717) is 21.4 Å². The van der Waals surface area contributed by atoms with E-state index in [9.17, 15) is 10.5 Å². The van der Waals surface area contributed by atoms with E-state index in [2.05, 4.69) is 118 Å². The van der Waals surface area contributed by atoms with Crippen molar-refractivity contribution in [2.24, 2.45) is 0 Å². The van der Waals surface area contributed by atoms with E-state index in [-0.39, 0.29) is 0 Å². The number of hydrogen-bond donors (Lipinski definition) is 0. The zero-order valence-corrected chi connectivity index (χ0v) is 34.1. The SMILES string of the molecule is N#CSc1nc2c(nc1SC#N)-c1ccc(-c3ccc(N4c5ccccc5Oc5ccccc54)cc3)c3c(-c4ccc(N5c6ccccc6Oc6ccccc65)cc4)ccc-2c13. The van der Waals surface area contributed by atoms with Gasteiger partial charge in [-0.15, -0.1) is 0 Å². The van der Waals surface area contributed by atoms with Crippen molar-refractivity contribution in [3.8, 4) is 78.6 Å². The van der Waals surface area contributed by atoms with Gasteiger partial charge in [0.15, 0.2) is 23.0 Å². The third-order valence-corrected chi connectivity index (χ3v) is 12.8. The minimum Gasteiger partial charge on any atom is -0.453 e. The van der Waals surface area contributed by atoms with Crippen LogP contribution in [-0.2, 0) is 0 Å². The maximum absolute atomic E-state index is 9.65. The minimum atomic E-state index is 0.423. The smallest absolute Gasteiger partial charge is 0.151 e. The summed E-state index contributed by atoms with van der Waals surface area (Å²) in [6.07, 6.45) is 0. The molecule has 0 fully saturated rings. The standard InChI is InChI=1S/C52H28N6O2S2/c53-29-61-51-52(62-30-54)56-50-38-28-26-36(32-19-23-34(24-20-32)58-41-11-3-7-15-45(41)60-46-16-8-4-12-42(46)58)47-35(25-27-37(48(38)47)49(50)55-51)31-17-21-33(22-18-31)57-39-9-1-5-13-43(39)59-44-14-6-2-10-40(44)57/h1-28H. The van der Waals surface area contributed by atoms with E-state index < -0.39 is 0 Å². The van der Waals surface area contributed by atoms with Gasteiger partial charge in [0, 0.05) is 51.4 Å². The van der Waals surface area contributed by atoms with Crippen LogP contribution in [0.3, 0.4) is 0 Å².